The Balaban J connectivity index is 1.60. The van der Waals surface area contributed by atoms with E-state index in [1.54, 1.807) is 19.3 Å². The van der Waals surface area contributed by atoms with Gasteiger partial charge in [-0.05, 0) is 55.2 Å². The van der Waals surface area contributed by atoms with E-state index in [0.29, 0.717) is 19.5 Å². The lowest BCUT2D eigenvalue weighted by atomic mass is 9.89. The summed E-state index contributed by atoms with van der Waals surface area (Å²) >= 11 is 0. The number of pyridine rings is 1. The van der Waals surface area contributed by atoms with Crippen molar-refractivity contribution < 1.29 is 14.7 Å². The molecule has 172 valence electrons. The second-order valence-corrected chi connectivity index (χ2v) is 8.26. The molecule has 9 nitrogen and oxygen atoms in total. The maximum Gasteiger partial charge on any atom is 0.404 e. The van der Waals surface area contributed by atoms with Gasteiger partial charge in [-0.15, -0.1) is 0 Å². The third kappa shape index (κ3) is 5.14. The number of aryl methyl sites for hydroxylation is 1. The van der Waals surface area contributed by atoms with E-state index in [9.17, 15) is 9.59 Å². The van der Waals surface area contributed by atoms with Crippen LogP contribution in [0.2, 0.25) is 0 Å². The number of nitrogens with zero attached hydrogens (tertiary/aromatic N) is 4. The van der Waals surface area contributed by atoms with Crippen molar-refractivity contribution in [2.45, 2.75) is 45.3 Å². The molecule has 4 rings (SSSR count). The number of carbonyl (C=O) groups excluding carboxylic acids is 1. The van der Waals surface area contributed by atoms with E-state index in [1.807, 2.05) is 46.2 Å². The molecular formula is C24H28N6O3. The SMILES string of the molecule is CC(=O)N1c2ccc(-c3cnn(CCCNC(=O)O)c3)cc2[C@H](Nc2ccncc2)C[C@@H]1C. The molecule has 1 aliphatic heterocycles. The molecular weight excluding hydrogens is 420 g/mol. The van der Waals surface area contributed by atoms with Crippen LogP contribution >= 0.6 is 0 Å². The summed E-state index contributed by atoms with van der Waals surface area (Å²) in [6, 6.07) is 10.2. The minimum absolute atomic E-state index is 0.0293. The zero-order valence-electron chi connectivity index (χ0n) is 18.7. The van der Waals surface area contributed by atoms with Gasteiger partial charge in [-0.25, -0.2) is 4.79 Å². The van der Waals surface area contributed by atoms with Gasteiger partial charge in [0.25, 0.3) is 0 Å². The monoisotopic (exact) mass is 448 g/mol. The summed E-state index contributed by atoms with van der Waals surface area (Å²) in [5.74, 6) is 0.0293. The number of rotatable bonds is 7. The van der Waals surface area contributed by atoms with Crippen molar-refractivity contribution in [2.75, 3.05) is 16.8 Å². The largest absolute Gasteiger partial charge is 0.465 e. The van der Waals surface area contributed by atoms with Crippen LogP contribution in [0.5, 0.6) is 0 Å². The molecule has 3 aromatic rings. The van der Waals surface area contributed by atoms with Crippen molar-refractivity contribution >= 4 is 23.4 Å². The van der Waals surface area contributed by atoms with Gasteiger partial charge in [0.1, 0.15) is 0 Å². The van der Waals surface area contributed by atoms with Crippen LogP contribution in [0, 0.1) is 0 Å². The fourth-order valence-corrected chi connectivity index (χ4v) is 4.38. The summed E-state index contributed by atoms with van der Waals surface area (Å²) < 4.78 is 1.81. The average molecular weight is 449 g/mol. The van der Waals surface area contributed by atoms with Crippen LogP contribution in [0.3, 0.4) is 0 Å². The molecule has 0 spiro atoms. The minimum Gasteiger partial charge on any atom is -0.465 e. The first-order valence-corrected chi connectivity index (χ1v) is 11.0. The molecule has 2 amide bonds. The first kappa shape index (κ1) is 22.3. The third-order valence-electron chi connectivity index (χ3n) is 5.85. The molecule has 0 bridgehead atoms. The molecule has 0 aliphatic carbocycles. The molecule has 3 heterocycles. The summed E-state index contributed by atoms with van der Waals surface area (Å²) in [7, 11) is 0. The number of nitrogens with one attached hydrogen (secondary N) is 2. The standard InChI is InChI=1S/C24H28N6O3/c1-16-12-22(28-20-6-9-25-10-7-20)21-13-18(4-5-23(21)30(16)17(2)31)19-14-27-29(15-19)11-3-8-26-24(32)33/h4-7,9-10,13-16,22,26H,3,8,11-12H2,1-2H3,(H,25,28)(H,32,33)/t16-,22+/m0/s1. The number of hydrogen-bond acceptors (Lipinski definition) is 5. The number of aromatic nitrogens is 3. The lowest BCUT2D eigenvalue weighted by Gasteiger charge is -2.39. The summed E-state index contributed by atoms with van der Waals surface area (Å²) in [5, 5.41) is 19.1. The van der Waals surface area contributed by atoms with E-state index in [0.717, 1.165) is 34.5 Å². The molecule has 0 saturated carbocycles. The van der Waals surface area contributed by atoms with Crippen molar-refractivity contribution in [1.29, 1.82) is 0 Å². The zero-order valence-corrected chi connectivity index (χ0v) is 18.7. The highest BCUT2D eigenvalue weighted by Crippen LogP contribution is 2.41. The Hall–Kier alpha value is -3.88. The van der Waals surface area contributed by atoms with E-state index < -0.39 is 6.09 Å². The maximum atomic E-state index is 12.4. The molecule has 3 N–H and O–H groups in total. The number of amides is 2. The maximum absolute atomic E-state index is 12.4. The molecule has 2 atom stereocenters. The first-order valence-electron chi connectivity index (χ1n) is 11.0. The summed E-state index contributed by atoms with van der Waals surface area (Å²) in [6.07, 6.45) is 7.71. The lowest BCUT2D eigenvalue weighted by Crippen LogP contribution is -2.43. The Morgan fingerprint density at radius 2 is 1.97 bits per heavy atom. The van der Waals surface area contributed by atoms with Gasteiger partial charge in [0.05, 0.1) is 12.2 Å². The van der Waals surface area contributed by atoms with Gasteiger partial charge in [0.2, 0.25) is 5.91 Å². The van der Waals surface area contributed by atoms with Crippen LogP contribution in [-0.2, 0) is 11.3 Å². The predicted molar refractivity (Wildman–Crippen MR) is 126 cm³/mol. The molecule has 0 saturated heterocycles. The van der Waals surface area contributed by atoms with E-state index in [-0.39, 0.29) is 18.0 Å². The van der Waals surface area contributed by atoms with Gasteiger partial charge in [-0.1, -0.05) is 6.07 Å². The molecule has 1 aliphatic rings. The Morgan fingerprint density at radius 1 is 1.18 bits per heavy atom. The normalized spacial score (nSPS) is 17.3. The quantitative estimate of drug-likeness (QED) is 0.473. The fraction of sp³-hybridized carbons (Fsp3) is 0.333. The van der Waals surface area contributed by atoms with E-state index >= 15 is 0 Å². The average Bonchev–Trinajstić information content (AvgIpc) is 3.26. The summed E-state index contributed by atoms with van der Waals surface area (Å²) in [5.41, 5.74) is 4.96. The highest BCUT2D eigenvalue weighted by molar-refractivity contribution is 5.94. The third-order valence-corrected chi connectivity index (χ3v) is 5.85. The highest BCUT2D eigenvalue weighted by Gasteiger charge is 2.32. The van der Waals surface area contributed by atoms with Crippen molar-refractivity contribution in [3.8, 4) is 11.1 Å². The van der Waals surface area contributed by atoms with E-state index in [1.165, 1.54) is 0 Å². The summed E-state index contributed by atoms with van der Waals surface area (Å²) in [6.45, 7) is 4.68. The van der Waals surface area contributed by atoms with Gasteiger partial charge in [-0.3, -0.25) is 14.5 Å². The Morgan fingerprint density at radius 3 is 2.70 bits per heavy atom. The van der Waals surface area contributed by atoms with E-state index in [2.05, 4.69) is 33.7 Å². The van der Waals surface area contributed by atoms with Crippen molar-refractivity contribution in [1.82, 2.24) is 20.1 Å². The van der Waals surface area contributed by atoms with Gasteiger partial charge < -0.3 is 20.6 Å². The molecule has 0 unspecified atom stereocenters. The van der Waals surface area contributed by atoms with Gasteiger partial charge in [0.15, 0.2) is 0 Å². The zero-order chi connectivity index (χ0) is 23.4. The number of hydrogen-bond donors (Lipinski definition) is 3. The highest BCUT2D eigenvalue weighted by atomic mass is 16.4. The molecule has 0 fully saturated rings. The molecule has 33 heavy (non-hydrogen) atoms. The number of carboxylic acid groups (broad SMARTS) is 1. The molecule has 0 radical (unpaired) electrons. The lowest BCUT2D eigenvalue weighted by molar-refractivity contribution is -0.117. The van der Waals surface area contributed by atoms with Crippen LogP contribution in [0.25, 0.3) is 11.1 Å². The molecule has 2 aromatic heterocycles. The van der Waals surface area contributed by atoms with Crippen molar-refractivity contribution in [3.63, 3.8) is 0 Å². The van der Waals surface area contributed by atoms with Crippen molar-refractivity contribution in [3.05, 3.63) is 60.7 Å². The van der Waals surface area contributed by atoms with Crippen LogP contribution in [0.1, 0.15) is 38.3 Å². The minimum atomic E-state index is -1.02. The van der Waals surface area contributed by atoms with Crippen LogP contribution in [-0.4, -0.2) is 44.5 Å². The summed E-state index contributed by atoms with van der Waals surface area (Å²) in [4.78, 5) is 28.9. The predicted octanol–water partition coefficient (Wildman–Crippen LogP) is 3.90. The number of fused-ring (bicyclic) bond motifs is 1. The van der Waals surface area contributed by atoms with Gasteiger partial charge in [-0.2, -0.15) is 5.10 Å². The Kier molecular flexibility index (Phi) is 6.58. The topological polar surface area (TPSA) is 112 Å². The van der Waals surface area contributed by atoms with Crippen LogP contribution in [0.15, 0.2) is 55.1 Å². The number of anilines is 2. The number of carbonyl (C=O) groups is 2. The van der Waals surface area contributed by atoms with Gasteiger partial charge >= 0.3 is 6.09 Å². The Labute approximate surface area is 192 Å². The smallest absolute Gasteiger partial charge is 0.404 e. The van der Waals surface area contributed by atoms with E-state index in [4.69, 9.17) is 5.11 Å². The molecule has 1 aromatic carbocycles. The fourth-order valence-electron chi connectivity index (χ4n) is 4.38. The first-order chi connectivity index (χ1) is 15.9. The van der Waals surface area contributed by atoms with Gasteiger partial charge in [0, 0.05) is 61.6 Å². The second kappa shape index (κ2) is 9.72. The van der Waals surface area contributed by atoms with Crippen LogP contribution < -0.4 is 15.5 Å². The van der Waals surface area contributed by atoms with Crippen molar-refractivity contribution in [2.24, 2.45) is 0 Å². The Bertz CT molecular complexity index is 1130. The second-order valence-electron chi connectivity index (χ2n) is 8.26. The van der Waals surface area contributed by atoms with Crippen LogP contribution in [0.4, 0.5) is 16.2 Å². The molecule has 9 heteroatoms. The number of benzene rings is 1.